The predicted molar refractivity (Wildman–Crippen MR) is 130 cm³/mol. The lowest BCUT2D eigenvalue weighted by molar-refractivity contribution is -0.142. The first-order valence-corrected chi connectivity index (χ1v) is 11.7. The van der Waals surface area contributed by atoms with Crippen molar-refractivity contribution in [3.8, 4) is 0 Å². The fourth-order valence-corrected chi connectivity index (χ4v) is 4.96. The number of allylic oxidation sites excluding steroid dienone is 1. The van der Waals surface area contributed by atoms with Gasteiger partial charge in [-0.3, -0.25) is 9.59 Å². The van der Waals surface area contributed by atoms with Gasteiger partial charge in [-0.25, -0.2) is 0 Å². The van der Waals surface area contributed by atoms with E-state index >= 15 is 0 Å². The number of hydrogen-bond donors (Lipinski definition) is 2. The van der Waals surface area contributed by atoms with E-state index in [2.05, 4.69) is 58.4 Å². The Morgan fingerprint density at radius 2 is 1.62 bits per heavy atom. The van der Waals surface area contributed by atoms with Crippen LogP contribution in [0.25, 0.3) is 0 Å². The van der Waals surface area contributed by atoms with Gasteiger partial charge in [0.1, 0.15) is 12.6 Å². The summed E-state index contributed by atoms with van der Waals surface area (Å²) in [4.78, 5) is 28.0. The average Bonchev–Trinajstić information content (AvgIpc) is 2.97. The van der Waals surface area contributed by atoms with Crippen LogP contribution in [0.15, 0.2) is 24.7 Å². The number of rotatable bonds is 9. The smallest absolute Gasteiger partial charge is 0.246 e. The molecule has 0 radical (unpaired) electrons. The summed E-state index contributed by atoms with van der Waals surface area (Å²) in [7, 11) is 0. The van der Waals surface area contributed by atoms with Crippen molar-refractivity contribution < 1.29 is 14.3 Å². The number of carbonyl (C=O) groups is 2. The second-order valence-electron chi connectivity index (χ2n) is 12.5. The lowest BCUT2D eigenvalue weighted by Crippen LogP contribution is -2.58. The Morgan fingerprint density at radius 3 is 2.06 bits per heavy atom. The molecule has 0 spiro atoms. The summed E-state index contributed by atoms with van der Waals surface area (Å²) in [5.41, 5.74) is -0.328. The third-order valence-electron chi connectivity index (χ3n) is 7.23. The summed E-state index contributed by atoms with van der Waals surface area (Å²) in [5.74, 6) is 1.93. The van der Waals surface area contributed by atoms with Crippen molar-refractivity contribution in [2.75, 3.05) is 13.2 Å². The van der Waals surface area contributed by atoms with Gasteiger partial charge in [-0.1, -0.05) is 68.5 Å². The number of amides is 1. The van der Waals surface area contributed by atoms with E-state index in [9.17, 15) is 9.59 Å². The Hall–Kier alpha value is -1.98. The first-order valence-electron chi connectivity index (χ1n) is 11.7. The summed E-state index contributed by atoms with van der Waals surface area (Å²) in [6.07, 6.45) is 0. The summed E-state index contributed by atoms with van der Waals surface area (Å²) in [6, 6.07) is -0.866. The number of ketones is 1. The van der Waals surface area contributed by atoms with Crippen LogP contribution in [0.2, 0.25) is 0 Å². The number of nitrogens with zero attached hydrogens (tertiary/aromatic N) is 1. The fourth-order valence-electron chi connectivity index (χ4n) is 4.96. The normalized spacial score (nSPS) is 25.9. The molecule has 2 fully saturated rings. The molecule has 1 saturated carbocycles. The average molecular weight is 448 g/mol. The molecule has 1 aliphatic carbocycles. The minimum atomic E-state index is -0.507. The van der Waals surface area contributed by atoms with Gasteiger partial charge < -0.3 is 20.3 Å². The zero-order valence-electron chi connectivity index (χ0n) is 21.9. The molecule has 1 aliphatic heterocycles. The number of likely N-dealkylation sites (tertiary alicyclic amines) is 1. The van der Waals surface area contributed by atoms with Gasteiger partial charge >= 0.3 is 0 Å². The highest BCUT2D eigenvalue weighted by Crippen LogP contribution is 2.65. The predicted octanol–water partition coefficient (Wildman–Crippen LogP) is 4.09. The van der Waals surface area contributed by atoms with Gasteiger partial charge in [-0.15, -0.1) is 0 Å². The molecule has 2 aliphatic rings. The van der Waals surface area contributed by atoms with Gasteiger partial charge in [-0.2, -0.15) is 0 Å². The van der Waals surface area contributed by atoms with Gasteiger partial charge in [0.05, 0.1) is 23.7 Å². The highest BCUT2D eigenvalue weighted by molar-refractivity contribution is 5.92. The van der Waals surface area contributed by atoms with Gasteiger partial charge in [0.2, 0.25) is 5.91 Å². The largest absolute Gasteiger partial charge is 0.497 e. The summed E-state index contributed by atoms with van der Waals surface area (Å²) in [6.45, 7) is 29.4. The van der Waals surface area contributed by atoms with Crippen molar-refractivity contribution in [1.82, 2.24) is 15.5 Å². The quantitative estimate of drug-likeness (QED) is 0.521. The highest BCUT2D eigenvalue weighted by Gasteiger charge is 2.69. The Balaban J connectivity index is 2.16. The Bertz CT molecular complexity index is 772. The van der Waals surface area contributed by atoms with Crippen LogP contribution >= 0.6 is 0 Å². The van der Waals surface area contributed by atoms with Crippen LogP contribution in [0.3, 0.4) is 0 Å². The lowest BCUT2D eigenvalue weighted by Gasteiger charge is -2.39. The van der Waals surface area contributed by atoms with E-state index in [1.807, 2.05) is 32.6 Å². The molecule has 1 saturated heterocycles. The summed E-state index contributed by atoms with van der Waals surface area (Å²) >= 11 is 0. The first kappa shape index (κ1) is 26.3. The fraction of sp³-hybridized carbons (Fsp3) is 0.769. The molecule has 2 N–H and O–H groups in total. The minimum Gasteiger partial charge on any atom is -0.497 e. The topological polar surface area (TPSA) is 70.7 Å². The summed E-state index contributed by atoms with van der Waals surface area (Å²) < 4.78 is 5.67. The molecule has 0 aromatic carbocycles. The van der Waals surface area contributed by atoms with Crippen LogP contribution in [0.5, 0.6) is 0 Å². The van der Waals surface area contributed by atoms with E-state index in [1.165, 1.54) is 0 Å². The summed E-state index contributed by atoms with van der Waals surface area (Å²) in [5, 5.41) is 6.76. The molecule has 2 rings (SSSR count). The van der Waals surface area contributed by atoms with E-state index in [4.69, 9.17) is 4.74 Å². The first-order chi connectivity index (χ1) is 14.4. The monoisotopic (exact) mass is 447 g/mol. The number of carbonyl (C=O) groups excluding carboxylic acids is 2. The number of ether oxygens (including phenoxy) is 1. The van der Waals surface area contributed by atoms with E-state index in [1.54, 1.807) is 6.92 Å². The molecule has 1 heterocycles. The third kappa shape index (κ3) is 5.49. The SMILES string of the molecule is C=C(NC(COC(=C)C)C(C)(C)C)NC(C(=O)N1C[C@H]2[C@@H](C1C(C)=O)C2(C)C)C(C)(C)C. The van der Waals surface area contributed by atoms with Crippen molar-refractivity contribution in [2.45, 2.75) is 87.4 Å². The van der Waals surface area contributed by atoms with Crippen LogP contribution in [-0.2, 0) is 14.3 Å². The molecule has 3 unspecified atom stereocenters. The molecule has 6 heteroatoms. The van der Waals surface area contributed by atoms with E-state index in [0.717, 1.165) is 0 Å². The molecule has 182 valence electrons. The highest BCUT2D eigenvalue weighted by atomic mass is 16.5. The van der Waals surface area contributed by atoms with E-state index < -0.39 is 6.04 Å². The molecule has 0 aromatic heterocycles. The lowest BCUT2D eigenvalue weighted by atomic mass is 9.84. The Labute approximate surface area is 195 Å². The van der Waals surface area contributed by atoms with Crippen LogP contribution in [-0.4, -0.2) is 47.9 Å². The van der Waals surface area contributed by atoms with Crippen molar-refractivity contribution >= 4 is 11.7 Å². The zero-order chi connectivity index (χ0) is 24.8. The van der Waals surface area contributed by atoms with Crippen LogP contribution < -0.4 is 10.6 Å². The second-order valence-corrected chi connectivity index (χ2v) is 12.5. The molecule has 0 bridgehead atoms. The number of piperidine rings is 1. The van der Waals surface area contributed by atoms with Crippen molar-refractivity contribution in [3.63, 3.8) is 0 Å². The molecular weight excluding hydrogens is 402 g/mol. The van der Waals surface area contributed by atoms with E-state index in [-0.39, 0.29) is 45.9 Å². The molecule has 0 aromatic rings. The van der Waals surface area contributed by atoms with E-state index in [0.29, 0.717) is 30.6 Å². The van der Waals surface area contributed by atoms with Crippen LogP contribution in [0.1, 0.15) is 69.2 Å². The number of fused-ring (bicyclic) bond motifs is 1. The molecule has 32 heavy (non-hydrogen) atoms. The minimum absolute atomic E-state index is 0.0277. The molecule has 6 nitrogen and oxygen atoms in total. The Kier molecular flexibility index (Phi) is 7.19. The van der Waals surface area contributed by atoms with Gasteiger partial charge in [0, 0.05) is 6.54 Å². The maximum Gasteiger partial charge on any atom is 0.246 e. The number of nitrogens with one attached hydrogen (secondary N) is 2. The van der Waals surface area contributed by atoms with Crippen LogP contribution in [0, 0.1) is 28.1 Å². The number of hydrogen-bond acceptors (Lipinski definition) is 5. The number of Topliss-reactive ketones (excluding diaryl/α,β-unsaturated/α-hetero) is 1. The maximum atomic E-state index is 13.7. The Morgan fingerprint density at radius 1 is 1.06 bits per heavy atom. The van der Waals surface area contributed by atoms with Gasteiger partial charge in [-0.05, 0) is 41.9 Å². The van der Waals surface area contributed by atoms with Crippen LogP contribution in [0.4, 0.5) is 0 Å². The van der Waals surface area contributed by atoms with Crippen molar-refractivity contribution in [2.24, 2.45) is 28.1 Å². The standard InChI is InChI=1S/C26H45N3O3/c1-15(2)32-14-19(24(5,6)7)27-17(4)28-22(25(8,9)10)23(31)29-13-18-20(26(18,11)12)21(29)16(3)30/h18-22,27-28H,1,4,13-14H2,2-3,5-12H3/t18-,19?,20-,21?,22?/m0/s1. The maximum absolute atomic E-state index is 13.7. The second kappa shape index (κ2) is 8.75. The van der Waals surface area contributed by atoms with Crippen molar-refractivity contribution in [3.05, 3.63) is 24.7 Å². The molecule has 5 atom stereocenters. The van der Waals surface area contributed by atoms with Gasteiger partial charge in [0.15, 0.2) is 5.78 Å². The zero-order valence-corrected chi connectivity index (χ0v) is 21.9. The van der Waals surface area contributed by atoms with Crippen molar-refractivity contribution in [1.29, 1.82) is 0 Å². The molecule has 1 amide bonds. The third-order valence-corrected chi connectivity index (χ3v) is 7.23. The molecular formula is C26H45N3O3. The van der Waals surface area contributed by atoms with Gasteiger partial charge in [0.25, 0.3) is 0 Å².